The maximum atomic E-state index is 12.2. The molecule has 0 aliphatic rings. The smallest absolute Gasteiger partial charge is 0.307 e. The maximum Gasteiger partial charge on any atom is 0.307 e. The SMILES string of the molecule is CC(C)(C)c1ccc(C(=O)NCc2ccc(CC(=O)O)cc2)cc1. The molecule has 0 radical (unpaired) electrons. The minimum atomic E-state index is -0.852. The van der Waals surface area contributed by atoms with Crippen LogP contribution in [0.5, 0.6) is 0 Å². The normalized spacial score (nSPS) is 11.1. The topological polar surface area (TPSA) is 66.4 Å². The van der Waals surface area contributed by atoms with E-state index in [0.29, 0.717) is 12.1 Å². The molecule has 0 atom stereocenters. The zero-order valence-electron chi connectivity index (χ0n) is 14.3. The first-order valence-corrected chi connectivity index (χ1v) is 7.94. The van der Waals surface area contributed by atoms with Crippen LogP contribution in [0.1, 0.15) is 47.8 Å². The molecule has 2 aromatic carbocycles. The number of carboxylic acids is 1. The molecule has 0 saturated carbocycles. The lowest BCUT2D eigenvalue weighted by molar-refractivity contribution is -0.136. The third kappa shape index (κ3) is 4.95. The van der Waals surface area contributed by atoms with Crippen molar-refractivity contribution in [1.29, 1.82) is 0 Å². The molecule has 0 unspecified atom stereocenters. The van der Waals surface area contributed by atoms with Gasteiger partial charge in [0, 0.05) is 12.1 Å². The summed E-state index contributed by atoms with van der Waals surface area (Å²) in [6.45, 7) is 6.81. The zero-order chi connectivity index (χ0) is 17.7. The predicted molar refractivity (Wildman–Crippen MR) is 94.1 cm³/mol. The number of hydrogen-bond acceptors (Lipinski definition) is 2. The van der Waals surface area contributed by atoms with Crippen molar-refractivity contribution in [2.45, 2.75) is 39.2 Å². The Hall–Kier alpha value is -2.62. The van der Waals surface area contributed by atoms with Crippen LogP contribution in [0.15, 0.2) is 48.5 Å². The Bertz CT molecular complexity index is 710. The van der Waals surface area contributed by atoms with E-state index < -0.39 is 5.97 Å². The highest BCUT2D eigenvalue weighted by molar-refractivity contribution is 5.94. The van der Waals surface area contributed by atoms with Crippen molar-refractivity contribution in [3.05, 3.63) is 70.8 Å². The fourth-order valence-corrected chi connectivity index (χ4v) is 2.36. The summed E-state index contributed by atoms with van der Waals surface area (Å²) in [5.74, 6) is -0.972. The molecule has 0 fully saturated rings. The lowest BCUT2D eigenvalue weighted by atomic mass is 9.87. The lowest BCUT2D eigenvalue weighted by Crippen LogP contribution is -2.23. The van der Waals surface area contributed by atoms with Crippen molar-refractivity contribution >= 4 is 11.9 Å². The average Bonchev–Trinajstić information content (AvgIpc) is 2.52. The monoisotopic (exact) mass is 325 g/mol. The average molecular weight is 325 g/mol. The summed E-state index contributed by atoms with van der Waals surface area (Å²) < 4.78 is 0. The maximum absolute atomic E-state index is 12.2. The van der Waals surface area contributed by atoms with Crippen molar-refractivity contribution < 1.29 is 14.7 Å². The molecule has 0 aliphatic heterocycles. The first-order chi connectivity index (χ1) is 11.3. The van der Waals surface area contributed by atoms with Gasteiger partial charge in [-0.1, -0.05) is 57.2 Å². The molecule has 2 aromatic rings. The van der Waals surface area contributed by atoms with Crippen LogP contribution in [0, 0.1) is 0 Å². The fraction of sp³-hybridized carbons (Fsp3) is 0.300. The Morgan fingerprint density at radius 3 is 1.96 bits per heavy atom. The highest BCUT2D eigenvalue weighted by Gasteiger charge is 2.14. The standard InChI is InChI=1S/C20H23NO3/c1-20(2,3)17-10-8-16(9-11-17)19(24)21-13-15-6-4-14(5-7-15)12-18(22)23/h4-11H,12-13H2,1-3H3,(H,21,24)(H,22,23). The number of amides is 1. The molecule has 24 heavy (non-hydrogen) atoms. The van der Waals surface area contributed by atoms with E-state index in [-0.39, 0.29) is 17.7 Å². The van der Waals surface area contributed by atoms with Gasteiger partial charge in [-0.25, -0.2) is 0 Å². The van der Waals surface area contributed by atoms with Gasteiger partial charge >= 0.3 is 5.97 Å². The molecule has 0 saturated heterocycles. The molecule has 0 heterocycles. The van der Waals surface area contributed by atoms with Gasteiger partial charge < -0.3 is 10.4 Å². The zero-order valence-corrected chi connectivity index (χ0v) is 14.3. The van der Waals surface area contributed by atoms with E-state index in [0.717, 1.165) is 11.1 Å². The van der Waals surface area contributed by atoms with Crippen molar-refractivity contribution in [3.63, 3.8) is 0 Å². The van der Waals surface area contributed by atoms with Gasteiger partial charge in [0.1, 0.15) is 0 Å². The minimum absolute atomic E-state index is 0.00671. The number of benzene rings is 2. The molecule has 0 bridgehead atoms. The van der Waals surface area contributed by atoms with Crippen LogP contribution in [0.2, 0.25) is 0 Å². The molecular formula is C20H23NO3. The number of nitrogens with one attached hydrogen (secondary N) is 1. The Labute approximate surface area is 142 Å². The van der Waals surface area contributed by atoms with E-state index in [4.69, 9.17) is 5.11 Å². The van der Waals surface area contributed by atoms with Crippen molar-refractivity contribution in [2.24, 2.45) is 0 Å². The first-order valence-electron chi connectivity index (χ1n) is 7.94. The van der Waals surface area contributed by atoms with Crippen LogP contribution in [-0.2, 0) is 23.2 Å². The van der Waals surface area contributed by atoms with E-state index in [1.807, 2.05) is 36.4 Å². The molecule has 2 rings (SSSR count). The van der Waals surface area contributed by atoms with Gasteiger partial charge in [-0.2, -0.15) is 0 Å². The molecule has 0 spiro atoms. The number of carbonyl (C=O) groups excluding carboxylic acids is 1. The summed E-state index contributed by atoms with van der Waals surface area (Å²) in [4.78, 5) is 22.9. The minimum Gasteiger partial charge on any atom is -0.481 e. The summed E-state index contributed by atoms with van der Waals surface area (Å²) in [6, 6.07) is 14.9. The number of aliphatic carboxylic acids is 1. The molecule has 4 nitrogen and oxygen atoms in total. The largest absolute Gasteiger partial charge is 0.481 e. The third-order valence-electron chi connectivity index (χ3n) is 3.84. The van der Waals surface area contributed by atoms with E-state index in [1.165, 1.54) is 5.56 Å². The summed E-state index contributed by atoms with van der Waals surface area (Å²) in [5.41, 5.74) is 3.56. The Morgan fingerprint density at radius 1 is 0.917 bits per heavy atom. The second-order valence-electron chi connectivity index (χ2n) is 6.90. The van der Waals surface area contributed by atoms with Gasteiger partial charge in [0.2, 0.25) is 0 Å². The number of rotatable bonds is 5. The Morgan fingerprint density at radius 2 is 1.46 bits per heavy atom. The number of carbonyl (C=O) groups is 2. The second kappa shape index (κ2) is 7.30. The van der Waals surface area contributed by atoms with Gasteiger partial charge in [0.25, 0.3) is 5.91 Å². The number of carboxylic acid groups (broad SMARTS) is 1. The highest BCUT2D eigenvalue weighted by Crippen LogP contribution is 2.22. The van der Waals surface area contributed by atoms with Crippen molar-refractivity contribution in [1.82, 2.24) is 5.32 Å². The van der Waals surface area contributed by atoms with Crippen LogP contribution in [0.25, 0.3) is 0 Å². The summed E-state index contributed by atoms with van der Waals surface area (Å²) in [7, 11) is 0. The van der Waals surface area contributed by atoms with Crippen LogP contribution in [0.3, 0.4) is 0 Å². The summed E-state index contributed by atoms with van der Waals surface area (Å²) >= 11 is 0. The molecule has 2 N–H and O–H groups in total. The van der Waals surface area contributed by atoms with Gasteiger partial charge in [0.15, 0.2) is 0 Å². The second-order valence-corrected chi connectivity index (χ2v) is 6.90. The fourth-order valence-electron chi connectivity index (χ4n) is 2.36. The van der Waals surface area contributed by atoms with Gasteiger partial charge in [-0.15, -0.1) is 0 Å². The molecule has 1 amide bonds. The van der Waals surface area contributed by atoms with Crippen LogP contribution >= 0.6 is 0 Å². The molecule has 0 aliphatic carbocycles. The molecule has 4 heteroatoms. The molecule has 0 aromatic heterocycles. The first kappa shape index (κ1) is 17.7. The van der Waals surface area contributed by atoms with E-state index >= 15 is 0 Å². The van der Waals surface area contributed by atoms with Gasteiger partial charge in [-0.05, 0) is 34.2 Å². The molecule has 126 valence electrons. The number of hydrogen-bond donors (Lipinski definition) is 2. The van der Waals surface area contributed by atoms with E-state index in [1.54, 1.807) is 12.1 Å². The highest BCUT2D eigenvalue weighted by atomic mass is 16.4. The van der Waals surface area contributed by atoms with E-state index in [2.05, 4.69) is 26.1 Å². The van der Waals surface area contributed by atoms with Gasteiger partial charge in [0.05, 0.1) is 6.42 Å². The van der Waals surface area contributed by atoms with E-state index in [9.17, 15) is 9.59 Å². The lowest BCUT2D eigenvalue weighted by Gasteiger charge is -2.19. The Balaban J connectivity index is 1.94. The van der Waals surface area contributed by atoms with Crippen molar-refractivity contribution in [2.75, 3.05) is 0 Å². The van der Waals surface area contributed by atoms with Gasteiger partial charge in [-0.3, -0.25) is 9.59 Å². The van der Waals surface area contributed by atoms with Crippen molar-refractivity contribution in [3.8, 4) is 0 Å². The predicted octanol–water partition coefficient (Wildman–Crippen LogP) is 3.54. The summed E-state index contributed by atoms with van der Waals surface area (Å²) in [5, 5.41) is 11.6. The molecular weight excluding hydrogens is 302 g/mol. The van der Waals surface area contributed by atoms with Crippen LogP contribution in [0.4, 0.5) is 0 Å². The summed E-state index contributed by atoms with van der Waals surface area (Å²) in [6.07, 6.45) is 0.00671. The third-order valence-corrected chi connectivity index (χ3v) is 3.84. The van der Waals surface area contributed by atoms with Crippen LogP contribution in [-0.4, -0.2) is 17.0 Å². The quantitative estimate of drug-likeness (QED) is 0.883. The Kier molecular flexibility index (Phi) is 5.39. The van der Waals surface area contributed by atoms with Crippen LogP contribution < -0.4 is 5.32 Å².